The highest BCUT2D eigenvalue weighted by Gasteiger charge is 2.40. The molecule has 2 rings (SSSR count). The Morgan fingerprint density at radius 2 is 1.95 bits per heavy atom. The van der Waals surface area contributed by atoms with Gasteiger partial charge >= 0.3 is 0 Å². The van der Waals surface area contributed by atoms with Crippen LogP contribution < -0.4 is 5.32 Å². The van der Waals surface area contributed by atoms with E-state index in [1.807, 2.05) is 6.92 Å². The number of carbonyl (C=O) groups excluding carboxylic acids is 1. The Bertz CT molecular complexity index is 478. The first kappa shape index (κ1) is 16.7. The lowest BCUT2D eigenvalue weighted by Crippen LogP contribution is -2.41. The molecule has 0 aliphatic carbocycles. The molecular formula is C16H24N2OS2. The van der Waals surface area contributed by atoms with Crippen LogP contribution in [0.3, 0.4) is 0 Å². The number of benzene rings is 1. The lowest BCUT2D eigenvalue weighted by atomic mass is 10.1. The third-order valence-corrected chi connectivity index (χ3v) is 5.43. The van der Waals surface area contributed by atoms with E-state index in [1.165, 1.54) is 10.5 Å². The minimum atomic E-state index is -0.105. The fourth-order valence-electron chi connectivity index (χ4n) is 2.76. The van der Waals surface area contributed by atoms with Crippen LogP contribution in [0, 0.1) is 0 Å². The zero-order valence-corrected chi connectivity index (χ0v) is 14.8. The van der Waals surface area contributed by atoms with E-state index in [0.29, 0.717) is 0 Å². The Morgan fingerprint density at radius 3 is 2.48 bits per heavy atom. The SMILES string of the molecule is CCC(CSC)N1C(=O)C(C)NC1c1ccc(SC)cc1. The van der Waals surface area contributed by atoms with Gasteiger partial charge in [-0.1, -0.05) is 19.1 Å². The van der Waals surface area contributed by atoms with Crippen LogP contribution in [-0.4, -0.2) is 41.2 Å². The van der Waals surface area contributed by atoms with Crippen molar-refractivity contribution >= 4 is 29.4 Å². The van der Waals surface area contributed by atoms with Crippen LogP contribution in [0.15, 0.2) is 29.2 Å². The van der Waals surface area contributed by atoms with Crippen LogP contribution in [0.25, 0.3) is 0 Å². The first-order valence-electron chi connectivity index (χ1n) is 7.33. The van der Waals surface area contributed by atoms with Gasteiger partial charge in [0.05, 0.1) is 6.04 Å². The number of rotatable bonds is 6. The molecular weight excluding hydrogens is 300 g/mol. The Morgan fingerprint density at radius 1 is 1.29 bits per heavy atom. The van der Waals surface area contributed by atoms with Gasteiger partial charge in [-0.3, -0.25) is 10.1 Å². The summed E-state index contributed by atoms with van der Waals surface area (Å²) in [6.07, 6.45) is 5.16. The molecule has 0 aromatic heterocycles. The van der Waals surface area contributed by atoms with E-state index in [9.17, 15) is 4.79 Å². The highest BCUT2D eigenvalue weighted by atomic mass is 32.2. The molecule has 3 nitrogen and oxygen atoms in total. The number of thioether (sulfide) groups is 2. The number of amides is 1. The second kappa shape index (κ2) is 7.56. The lowest BCUT2D eigenvalue weighted by Gasteiger charge is -2.32. The normalized spacial score (nSPS) is 23.6. The highest BCUT2D eigenvalue weighted by molar-refractivity contribution is 7.98. The summed E-state index contributed by atoms with van der Waals surface area (Å²) in [6, 6.07) is 8.70. The number of nitrogens with one attached hydrogen (secondary N) is 1. The summed E-state index contributed by atoms with van der Waals surface area (Å²) in [4.78, 5) is 15.8. The molecule has 0 bridgehead atoms. The van der Waals surface area contributed by atoms with Gasteiger partial charge in [0.2, 0.25) is 5.91 Å². The minimum Gasteiger partial charge on any atom is -0.318 e. The van der Waals surface area contributed by atoms with Gasteiger partial charge in [-0.15, -0.1) is 11.8 Å². The van der Waals surface area contributed by atoms with Crippen LogP contribution in [0.4, 0.5) is 0 Å². The van der Waals surface area contributed by atoms with Crippen molar-refractivity contribution in [3.63, 3.8) is 0 Å². The number of hydrogen-bond donors (Lipinski definition) is 1. The Hall–Kier alpha value is -0.650. The summed E-state index contributed by atoms with van der Waals surface area (Å²) in [5.41, 5.74) is 1.17. The largest absolute Gasteiger partial charge is 0.318 e. The Labute approximate surface area is 136 Å². The molecule has 1 N–H and O–H groups in total. The van der Waals surface area contributed by atoms with Crippen LogP contribution in [0.5, 0.6) is 0 Å². The third-order valence-electron chi connectivity index (χ3n) is 3.97. The molecule has 0 saturated carbocycles. The average molecular weight is 325 g/mol. The summed E-state index contributed by atoms with van der Waals surface area (Å²) in [5.74, 6) is 1.20. The van der Waals surface area contributed by atoms with Crippen molar-refractivity contribution in [3.8, 4) is 0 Å². The maximum absolute atomic E-state index is 12.5. The Kier molecular flexibility index (Phi) is 6.02. The van der Waals surface area contributed by atoms with Crippen molar-refractivity contribution in [3.05, 3.63) is 29.8 Å². The fourth-order valence-corrected chi connectivity index (χ4v) is 3.95. The molecule has 5 heteroatoms. The summed E-state index contributed by atoms with van der Waals surface area (Å²) < 4.78 is 0. The molecule has 0 spiro atoms. The molecule has 1 aromatic rings. The first-order valence-corrected chi connectivity index (χ1v) is 9.95. The molecule has 1 amide bonds. The topological polar surface area (TPSA) is 32.3 Å². The smallest absolute Gasteiger partial charge is 0.241 e. The van der Waals surface area contributed by atoms with E-state index in [0.717, 1.165) is 12.2 Å². The van der Waals surface area contributed by atoms with Crippen molar-refractivity contribution in [2.75, 3.05) is 18.3 Å². The number of carbonyl (C=O) groups is 1. The molecule has 21 heavy (non-hydrogen) atoms. The Balaban J connectivity index is 2.27. The zero-order chi connectivity index (χ0) is 15.4. The average Bonchev–Trinajstić information content (AvgIpc) is 2.81. The highest BCUT2D eigenvalue weighted by Crippen LogP contribution is 2.30. The van der Waals surface area contributed by atoms with Crippen LogP contribution in [0.1, 0.15) is 32.0 Å². The predicted octanol–water partition coefficient (Wildman–Crippen LogP) is 3.37. The van der Waals surface area contributed by atoms with E-state index >= 15 is 0 Å². The summed E-state index contributed by atoms with van der Waals surface area (Å²) in [7, 11) is 0. The van der Waals surface area contributed by atoms with Gasteiger partial charge in [-0.2, -0.15) is 11.8 Å². The molecule has 116 valence electrons. The quantitative estimate of drug-likeness (QED) is 0.813. The number of hydrogen-bond acceptors (Lipinski definition) is 4. The van der Waals surface area contributed by atoms with Crippen molar-refractivity contribution < 1.29 is 4.79 Å². The molecule has 1 aliphatic heterocycles. The van der Waals surface area contributed by atoms with E-state index < -0.39 is 0 Å². The van der Waals surface area contributed by atoms with Gasteiger partial charge in [0.15, 0.2) is 0 Å². The van der Waals surface area contributed by atoms with Gasteiger partial charge < -0.3 is 4.90 Å². The first-order chi connectivity index (χ1) is 10.1. The van der Waals surface area contributed by atoms with Crippen LogP contribution in [0.2, 0.25) is 0 Å². The molecule has 1 aromatic carbocycles. The van der Waals surface area contributed by atoms with Gasteiger partial charge in [0, 0.05) is 16.7 Å². The zero-order valence-electron chi connectivity index (χ0n) is 13.1. The molecule has 1 aliphatic rings. The van der Waals surface area contributed by atoms with E-state index in [2.05, 4.69) is 53.9 Å². The maximum Gasteiger partial charge on any atom is 0.241 e. The fraction of sp³-hybridized carbons (Fsp3) is 0.562. The van der Waals surface area contributed by atoms with Crippen molar-refractivity contribution in [2.24, 2.45) is 0 Å². The summed E-state index contributed by atoms with van der Waals surface area (Å²) in [5, 5.41) is 3.44. The molecule has 3 unspecified atom stereocenters. The van der Waals surface area contributed by atoms with Crippen molar-refractivity contribution in [1.82, 2.24) is 10.2 Å². The molecule has 1 heterocycles. The minimum absolute atomic E-state index is 0.000469. The van der Waals surface area contributed by atoms with Gasteiger partial charge in [-0.05, 0) is 43.6 Å². The third kappa shape index (κ3) is 3.58. The van der Waals surface area contributed by atoms with Gasteiger partial charge in [0.1, 0.15) is 6.17 Å². The molecule has 3 atom stereocenters. The van der Waals surface area contributed by atoms with Gasteiger partial charge in [0.25, 0.3) is 0 Å². The summed E-state index contributed by atoms with van der Waals surface area (Å²) >= 11 is 3.54. The molecule has 0 radical (unpaired) electrons. The number of nitrogens with zero attached hydrogens (tertiary/aromatic N) is 1. The van der Waals surface area contributed by atoms with Crippen molar-refractivity contribution in [1.29, 1.82) is 0 Å². The standard InChI is InChI=1S/C16H24N2OS2/c1-5-13(10-20-3)18-15(17-11(2)16(18)19)12-6-8-14(21-4)9-7-12/h6-9,11,13,15,17H,5,10H2,1-4H3. The maximum atomic E-state index is 12.5. The van der Waals surface area contributed by atoms with Crippen LogP contribution in [-0.2, 0) is 4.79 Å². The van der Waals surface area contributed by atoms with E-state index in [-0.39, 0.29) is 24.2 Å². The summed E-state index contributed by atoms with van der Waals surface area (Å²) in [6.45, 7) is 4.11. The second-order valence-electron chi connectivity index (χ2n) is 5.33. The predicted molar refractivity (Wildman–Crippen MR) is 92.9 cm³/mol. The van der Waals surface area contributed by atoms with E-state index in [4.69, 9.17) is 0 Å². The van der Waals surface area contributed by atoms with Crippen LogP contribution >= 0.6 is 23.5 Å². The van der Waals surface area contributed by atoms with E-state index in [1.54, 1.807) is 23.5 Å². The monoisotopic (exact) mass is 324 g/mol. The second-order valence-corrected chi connectivity index (χ2v) is 7.12. The lowest BCUT2D eigenvalue weighted by molar-refractivity contribution is -0.131. The molecule has 1 saturated heterocycles. The molecule has 1 fully saturated rings. The van der Waals surface area contributed by atoms with Crippen molar-refractivity contribution in [2.45, 2.75) is 43.4 Å². The van der Waals surface area contributed by atoms with Gasteiger partial charge in [-0.25, -0.2) is 0 Å².